The van der Waals surface area contributed by atoms with Crippen molar-refractivity contribution in [3.63, 3.8) is 0 Å². The van der Waals surface area contributed by atoms with Crippen molar-refractivity contribution in [1.29, 1.82) is 0 Å². The fourth-order valence-corrected chi connectivity index (χ4v) is 3.40. The van der Waals surface area contributed by atoms with Crippen LogP contribution in [0.1, 0.15) is 16.7 Å². The van der Waals surface area contributed by atoms with E-state index in [1.165, 1.54) is 5.41 Å². The number of hydrogen-bond donors (Lipinski definition) is 0. The standard InChI is InChI=1S/C22H20O3S/c1-18-7-13-22(14-8-18)26(23,24)16-15-19-9-11-21(12-10-19)25-17-20-5-3-2-4-6-20/h2-16H,17H2,1H3/b16-15+. The van der Waals surface area contributed by atoms with Gasteiger partial charge < -0.3 is 4.74 Å². The molecule has 0 N–H and O–H groups in total. The Morgan fingerprint density at radius 2 is 1.50 bits per heavy atom. The molecule has 26 heavy (non-hydrogen) atoms. The quantitative estimate of drug-likeness (QED) is 0.617. The van der Waals surface area contributed by atoms with E-state index < -0.39 is 9.84 Å². The Hall–Kier alpha value is -2.85. The first-order valence-corrected chi connectivity index (χ1v) is 9.84. The first kappa shape index (κ1) is 18.0. The lowest BCUT2D eigenvalue weighted by atomic mass is 10.2. The van der Waals surface area contributed by atoms with Crippen LogP contribution in [0.25, 0.3) is 6.08 Å². The largest absolute Gasteiger partial charge is 0.489 e. The van der Waals surface area contributed by atoms with E-state index in [-0.39, 0.29) is 0 Å². The molecule has 0 atom stereocenters. The van der Waals surface area contributed by atoms with Crippen LogP contribution in [0.2, 0.25) is 0 Å². The van der Waals surface area contributed by atoms with Crippen LogP contribution in [0.3, 0.4) is 0 Å². The van der Waals surface area contributed by atoms with Crippen molar-refractivity contribution in [1.82, 2.24) is 0 Å². The van der Waals surface area contributed by atoms with E-state index in [1.807, 2.05) is 61.5 Å². The molecule has 0 saturated heterocycles. The molecular weight excluding hydrogens is 344 g/mol. The Morgan fingerprint density at radius 1 is 0.846 bits per heavy atom. The second-order valence-electron chi connectivity index (χ2n) is 6.00. The van der Waals surface area contributed by atoms with Crippen molar-refractivity contribution in [2.75, 3.05) is 0 Å². The minimum absolute atomic E-state index is 0.294. The Balaban J connectivity index is 1.65. The first-order chi connectivity index (χ1) is 12.5. The summed E-state index contributed by atoms with van der Waals surface area (Å²) in [7, 11) is -3.44. The normalized spacial score (nSPS) is 11.6. The van der Waals surface area contributed by atoms with Crippen LogP contribution in [0, 0.1) is 6.92 Å². The molecule has 0 unspecified atom stereocenters. The van der Waals surface area contributed by atoms with E-state index >= 15 is 0 Å². The average Bonchev–Trinajstić information content (AvgIpc) is 2.67. The second kappa shape index (κ2) is 8.02. The van der Waals surface area contributed by atoms with Crippen molar-refractivity contribution in [2.45, 2.75) is 18.4 Å². The van der Waals surface area contributed by atoms with Crippen LogP contribution in [0.4, 0.5) is 0 Å². The first-order valence-electron chi connectivity index (χ1n) is 8.29. The Bertz CT molecular complexity index is 972. The van der Waals surface area contributed by atoms with E-state index in [9.17, 15) is 8.42 Å². The minimum Gasteiger partial charge on any atom is -0.489 e. The zero-order chi connectivity index (χ0) is 18.4. The highest BCUT2D eigenvalue weighted by Crippen LogP contribution is 2.18. The van der Waals surface area contributed by atoms with E-state index in [4.69, 9.17) is 4.74 Å². The molecule has 0 bridgehead atoms. The Morgan fingerprint density at radius 3 is 2.15 bits per heavy atom. The van der Waals surface area contributed by atoms with Gasteiger partial charge in [-0.1, -0.05) is 60.2 Å². The molecule has 3 nitrogen and oxygen atoms in total. The third-order valence-corrected chi connectivity index (χ3v) is 5.34. The van der Waals surface area contributed by atoms with Crippen LogP contribution in [-0.2, 0) is 16.4 Å². The van der Waals surface area contributed by atoms with Gasteiger partial charge in [0.2, 0.25) is 0 Å². The van der Waals surface area contributed by atoms with Gasteiger partial charge in [0.25, 0.3) is 0 Å². The van der Waals surface area contributed by atoms with Crippen molar-refractivity contribution >= 4 is 15.9 Å². The van der Waals surface area contributed by atoms with Crippen LogP contribution in [0.5, 0.6) is 5.75 Å². The lowest BCUT2D eigenvalue weighted by Crippen LogP contribution is -1.96. The van der Waals surface area contributed by atoms with E-state index in [1.54, 1.807) is 30.3 Å². The van der Waals surface area contributed by atoms with Crippen molar-refractivity contribution < 1.29 is 13.2 Å². The molecule has 0 amide bonds. The number of rotatable bonds is 6. The molecule has 0 aromatic heterocycles. The number of aryl methyl sites for hydroxylation is 1. The fourth-order valence-electron chi connectivity index (χ4n) is 2.39. The fraction of sp³-hybridized carbons (Fsp3) is 0.0909. The average molecular weight is 364 g/mol. The molecule has 0 aliphatic rings. The van der Waals surface area contributed by atoms with Gasteiger partial charge in [-0.25, -0.2) is 8.42 Å². The summed E-state index contributed by atoms with van der Waals surface area (Å²) in [5.41, 5.74) is 2.92. The van der Waals surface area contributed by atoms with Crippen molar-refractivity contribution in [3.8, 4) is 5.75 Å². The lowest BCUT2D eigenvalue weighted by molar-refractivity contribution is 0.306. The van der Waals surface area contributed by atoms with E-state index in [2.05, 4.69) is 0 Å². The predicted molar refractivity (Wildman–Crippen MR) is 105 cm³/mol. The zero-order valence-corrected chi connectivity index (χ0v) is 15.3. The molecule has 3 aromatic carbocycles. The highest BCUT2D eigenvalue weighted by Gasteiger charge is 2.09. The van der Waals surface area contributed by atoms with Gasteiger partial charge in [-0.2, -0.15) is 0 Å². The summed E-state index contributed by atoms with van der Waals surface area (Å²) in [5.74, 6) is 0.743. The van der Waals surface area contributed by atoms with Crippen LogP contribution in [0.15, 0.2) is 89.2 Å². The number of ether oxygens (including phenoxy) is 1. The molecule has 0 radical (unpaired) electrons. The zero-order valence-electron chi connectivity index (χ0n) is 14.5. The number of hydrogen-bond acceptors (Lipinski definition) is 3. The third kappa shape index (κ3) is 4.83. The van der Waals surface area contributed by atoms with Crippen LogP contribution < -0.4 is 4.74 Å². The minimum atomic E-state index is -3.44. The van der Waals surface area contributed by atoms with Crippen molar-refractivity contribution in [2.24, 2.45) is 0 Å². The van der Waals surface area contributed by atoms with Gasteiger partial charge in [-0.15, -0.1) is 0 Å². The molecule has 0 saturated carbocycles. The number of sulfone groups is 1. The summed E-state index contributed by atoms with van der Waals surface area (Å²) in [5, 5.41) is 1.23. The molecule has 0 heterocycles. The lowest BCUT2D eigenvalue weighted by Gasteiger charge is -2.06. The summed E-state index contributed by atoms with van der Waals surface area (Å²) < 4.78 is 30.4. The number of benzene rings is 3. The molecule has 3 aromatic rings. The maximum absolute atomic E-state index is 12.3. The maximum atomic E-state index is 12.3. The molecule has 0 fully saturated rings. The summed E-state index contributed by atoms with van der Waals surface area (Å²) in [6.07, 6.45) is 1.59. The van der Waals surface area contributed by atoms with Crippen LogP contribution in [-0.4, -0.2) is 8.42 Å². The van der Waals surface area contributed by atoms with E-state index in [0.29, 0.717) is 11.5 Å². The van der Waals surface area contributed by atoms with Gasteiger partial charge in [-0.3, -0.25) is 0 Å². The molecule has 132 valence electrons. The highest BCUT2D eigenvalue weighted by atomic mass is 32.2. The third-order valence-electron chi connectivity index (χ3n) is 3.92. The molecule has 0 aliphatic carbocycles. The van der Waals surface area contributed by atoms with Gasteiger partial charge in [0.05, 0.1) is 4.90 Å². The second-order valence-corrected chi connectivity index (χ2v) is 7.84. The monoisotopic (exact) mass is 364 g/mol. The summed E-state index contributed by atoms with van der Waals surface area (Å²) in [4.78, 5) is 0.294. The van der Waals surface area contributed by atoms with Gasteiger partial charge in [-0.05, 0) is 48.4 Å². The van der Waals surface area contributed by atoms with Crippen LogP contribution >= 0.6 is 0 Å². The van der Waals surface area contributed by atoms with Gasteiger partial charge in [0, 0.05) is 5.41 Å². The topological polar surface area (TPSA) is 43.4 Å². The Kier molecular flexibility index (Phi) is 5.54. The van der Waals surface area contributed by atoms with Gasteiger partial charge >= 0.3 is 0 Å². The van der Waals surface area contributed by atoms with Gasteiger partial charge in [0.1, 0.15) is 12.4 Å². The highest BCUT2D eigenvalue weighted by molar-refractivity contribution is 7.94. The molecule has 0 aliphatic heterocycles. The maximum Gasteiger partial charge on any atom is 0.199 e. The molecule has 4 heteroatoms. The molecule has 3 rings (SSSR count). The van der Waals surface area contributed by atoms with Crippen molar-refractivity contribution in [3.05, 3.63) is 101 Å². The molecular formula is C22H20O3S. The Labute approximate surface area is 154 Å². The van der Waals surface area contributed by atoms with E-state index in [0.717, 1.165) is 22.4 Å². The summed E-state index contributed by atoms with van der Waals surface area (Å²) in [6, 6.07) is 24.1. The summed E-state index contributed by atoms with van der Waals surface area (Å²) >= 11 is 0. The van der Waals surface area contributed by atoms with Gasteiger partial charge in [0.15, 0.2) is 9.84 Å². The summed E-state index contributed by atoms with van der Waals surface area (Å²) in [6.45, 7) is 2.42. The SMILES string of the molecule is Cc1ccc(S(=O)(=O)/C=C/c2ccc(OCc3ccccc3)cc2)cc1. The predicted octanol–water partition coefficient (Wildman–Crippen LogP) is 5.02. The smallest absolute Gasteiger partial charge is 0.199 e. The molecule has 0 spiro atoms.